The fraction of sp³-hybridized carbons (Fsp3) is 0.286. The summed E-state index contributed by atoms with van der Waals surface area (Å²) < 4.78 is 11.1. The van der Waals surface area contributed by atoms with Crippen LogP contribution in [0.1, 0.15) is 25.0 Å². The highest BCUT2D eigenvalue weighted by molar-refractivity contribution is 5.91. The van der Waals surface area contributed by atoms with Crippen molar-refractivity contribution >= 4 is 17.7 Å². The summed E-state index contributed by atoms with van der Waals surface area (Å²) >= 11 is 0. The summed E-state index contributed by atoms with van der Waals surface area (Å²) in [4.78, 5) is 22.3. The molecule has 0 saturated heterocycles. The van der Waals surface area contributed by atoms with Gasteiger partial charge in [0, 0.05) is 24.8 Å². The number of rotatable bonds is 10. The first kappa shape index (κ1) is 21.0. The average molecular weight is 384 g/mol. The van der Waals surface area contributed by atoms with Crippen LogP contribution in [-0.2, 0) is 11.2 Å². The Hall–Kier alpha value is -3.35. The summed E-state index contributed by atoms with van der Waals surface area (Å²) in [6, 6.07) is 11.8. The minimum atomic E-state index is -0.468. The van der Waals surface area contributed by atoms with Crippen LogP contribution in [0.15, 0.2) is 48.5 Å². The van der Waals surface area contributed by atoms with E-state index in [1.54, 1.807) is 18.2 Å². The number of benzene rings is 2. The number of carbonyl (C=O) groups is 1. The fourth-order valence-corrected chi connectivity index (χ4v) is 2.55. The van der Waals surface area contributed by atoms with E-state index in [-0.39, 0.29) is 11.6 Å². The molecule has 7 nitrogen and oxygen atoms in total. The molecule has 0 aromatic heterocycles. The van der Waals surface area contributed by atoms with Gasteiger partial charge in [-0.15, -0.1) is 0 Å². The Morgan fingerprint density at radius 3 is 2.57 bits per heavy atom. The average Bonchev–Trinajstić information content (AvgIpc) is 2.69. The van der Waals surface area contributed by atoms with Crippen LogP contribution >= 0.6 is 0 Å². The van der Waals surface area contributed by atoms with Crippen molar-refractivity contribution in [1.29, 1.82) is 0 Å². The van der Waals surface area contributed by atoms with Crippen molar-refractivity contribution in [3.05, 3.63) is 69.8 Å². The van der Waals surface area contributed by atoms with E-state index in [2.05, 4.69) is 5.32 Å². The Labute approximate surface area is 164 Å². The van der Waals surface area contributed by atoms with Crippen molar-refractivity contribution in [2.24, 2.45) is 0 Å². The van der Waals surface area contributed by atoms with Crippen LogP contribution in [-0.4, -0.2) is 30.6 Å². The second kappa shape index (κ2) is 10.7. The van der Waals surface area contributed by atoms with E-state index in [1.165, 1.54) is 18.2 Å². The number of hydrogen-bond acceptors (Lipinski definition) is 5. The zero-order valence-electron chi connectivity index (χ0n) is 16.0. The second-order valence-corrected chi connectivity index (χ2v) is 5.87. The van der Waals surface area contributed by atoms with Crippen molar-refractivity contribution in [2.75, 3.05) is 19.8 Å². The van der Waals surface area contributed by atoms with Gasteiger partial charge in [0.05, 0.1) is 18.1 Å². The molecule has 0 radical (unpaired) electrons. The van der Waals surface area contributed by atoms with E-state index >= 15 is 0 Å². The van der Waals surface area contributed by atoms with Gasteiger partial charge in [-0.25, -0.2) is 0 Å². The lowest BCUT2D eigenvalue weighted by Crippen LogP contribution is -2.23. The minimum absolute atomic E-state index is 0.0110. The molecule has 28 heavy (non-hydrogen) atoms. The van der Waals surface area contributed by atoms with Gasteiger partial charge < -0.3 is 14.8 Å². The molecule has 148 valence electrons. The van der Waals surface area contributed by atoms with E-state index in [0.29, 0.717) is 43.2 Å². The maximum absolute atomic E-state index is 12.0. The highest BCUT2D eigenvalue weighted by Gasteiger charge is 2.07. The number of nitro benzene ring substituents is 1. The summed E-state index contributed by atoms with van der Waals surface area (Å²) in [7, 11) is 0. The van der Waals surface area contributed by atoms with Gasteiger partial charge in [-0.05, 0) is 49.6 Å². The topological polar surface area (TPSA) is 90.7 Å². The van der Waals surface area contributed by atoms with Crippen LogP contribution in [0.5, 0.6) is 11.5 Å². The third-order valence-corrected chi connectivity index (χ3v) is 3.83. The zero-order valence-corrected chi connectivity index (χ0v) is 16.0. The standard InChI is InChI=1S/C21H24N2O5/c1-3-27-19-10-8-17(15-20(19)28-4-2)12-13-22-21(24)11-9-16-6-5-7-18(14-16)23(25)26/h5-11,14-15H,3-4,12-13H2,1-2H3,(H,22,24)/b11-9+. The van der Waals surface area contributed by atoms with E-state index in [1.807, 2.05) is 32.0 Å². The van der Waals surface area contributed by atoms with Gasteiger partial charge in [0.2, 0.25) is 5.91 Å². The van der Waals surface area contributed by atoms with Gasteiger partial charge in [-0.3, -0.25) is 14.9 Å². The Morgan fingerprint density at radius 2 is 1.86 bits per heavy atom. The summed E-state index contributed by atoms with van der Waals surface area (Å²) in [6.07, 6.45) is 3.55. The molecule has 0 unspecified atom stereocenters. The smallest absolute Gasteiger partial charge is 0.270 e. The quantitative estimate of drug-likeness (QED) is 0.383. The molecule has 2 aromatic carbocycles. The molecule has 0 fully saturated rings. The molecule has 0 aliphatic rings. The lowest BCUT2D eigenvalue weighted by atomic mass is 10.1. The molecule has 0 saturated carbocycles. The Balaban J connectivity index is 1.88. The molecule has 0 aliphatic heterocycles. The largest absolute Gasteiger partial charge is 0.490 e. The number of nitro groups is 1. The molecule has 2 rings (SSSR count). The third kappa shape index (κ3) is 6.42. The molecule has 7 heteroatoms. The summed E-state index contributed by atoms with van der Waals surface area (Å²) in [6.45, 7) is 5.39. The highest BCUT2D eigenvalue weighted by Crippen LogP contribution is 2.28. The fourth-order valence-electron chi connectivity index (χ4n) is 2.55. The summed E-state index contributed by atoms with van der Waals surface area (Å²) in [5.74, 6) is 1.14. The van der Waals surface area contributed by atoms with E-state index in [4.69, 9.17) is 9.47 Å². The van der Waals surface area contributed by atoms with Crippen molar-refractivity contribution in [3.63, 3.8) is 0 Å². The maximum Gasteiger partial charge on any atom is 0.270 e. The molecule has 0 spiro atoms. The molecule has 0 atom stereocenters. The SMILES string of the molecule is CCOc1ccc(CCNC(=O)/C=C/c2cccc([N+](=O)[O-])c2)cc1OCC. The monoisotopic (exact) mass is 384 g/mol. The number of ether oxygens (including phenoxy) is 2. The molecular formula is C21H24N2O5. The first-order valence-corrected chi connectivity index (χ1v) is 9.12. The third-order valence-electron chi connectivity index (χ3n) is 3.83. The summed E-state index contributed by atoms with van der Waals surface area (Å²) in [5.41, 5.74) is 1.61. The van der Waals surface area contributed by atoms with Crippen LogP contribution in [0.25, 0.3) is 6.08 Å². The van der Waals surface area contributed by atoms with Gasteiger partial charge in [-0.1, -0.05) is 18.2 Å². The number of amides is 1. The Bertz CT molecular complexity index is 848. The maximum atomic E-state index is 12.0. The molecule has 1 N–H and O–H groups in total. The first-order chi connectivity index (χ1) is 13.5. The van der Waals surface area contributed by atoms with Crippen molar-refractivity contribution in [1.82, 2.24) is 5.32 Å². The van der Waals surface area contributed by atoms with Crippen molar-refractivity contribution in [2.45, 2.75) is 20.3 Å². The van der Waals surface area contributed by atoms with E-state index < -0.39 is 4.92 Å². The van der Waals surface area contributed by atoms with Gasteiger partial charge >= 0.3 is 0 Å². The van der Waals surface area contributed by atoms with E-state index in [0.717, 1.165) is 5.56 Å². The lowest BCUT2D eigenvalue weighted by Gasteiger charge is -2.12. The highest BCUT2D eigenvalue weighted by atomic mass is 16.6. The van der Waals surface area contributed by atoms with Crippen LogP contribution in [0.2, 0.25) is 0 Å². The lowest BCUT2D eigenvalue weighted by molar-refractivity contribution is -0.384. The van der Waals surface area contributed by atoms with Crippen LogP contribution in [0.4, 0.5) is 5.69 Å². The van der Waals surface area contributed by atoms with Gasteiger partial charge in [0.25, 0.3) is 5.69 Å². The predicted octanol–water partition coefficient (Wildman–Crippen LogP) is 3.76. The molecule has 0 heterocycles. The zero-order chi connectivity index (χ0) is 20.4. The van der Waals surface area contributed by atoms with Crippen LogP contribution in [0.3, 0.4) is 0 Å². The van der Waals surface area contributed by atoms with Crippen LogP contribution < -0.4 is 14.8 Å². The van der Waals surface area contributed by atoms with E-state index in [9.17, 15) is 14.9 Å². The Kier molecular flexibility index (Phi) is 8.02. The van der Waals surface area contributed by atoms with Crippen LogP contribution in [0, 0.1) is 10.1 Å². The number of nitrogens with zero attached hydrogens (tertiary/aromatic N) is 1. The number of non-ortho nitro benzene ring substituents is 1. The number of hydrogen-bond donors (Lipinski definition) is 1. The molecule has 0 aliphatic carbocycles. The van der Waals surface area contributed by atoms with Gasteiger partial charge in [0.15, 0.2) is 11.5 Å². The molecule has 2 aromatic rings. The molecular weight excluding hydrogens is 360 g/mol. The molecule has 0 bridgehead atoms. The number of nitrogens with one attached hydrogen (secondary N) is 1. The first-order valence-electron chi connectivity index (χ1n) is 9.12. The number of carbonyl (C=O) groups excluding carboxylic acids is 1. The Morgan fingerprint density at radius 1 is 1.11 bits per heavy atom. The van der Waals surface area contributed by atoms with Gasteiger partial charge in [-0.2, -0.15) is 0 Å². The summed E-state index contributed by atoms with van der Waals surface area (Å²) in [5, 5.41) is 13.6. The predicted molar refractivity (Wildman–Crippen MR) is 108 cm³/mol. The van der Waals surface area contributed by atoms with Crippen molar-refractivity contribution < 1.29 is 19.2 Å². The minimum Gasteiger partial charge on any atom is -0.490 e. The normalized spacial score (nSPS) is 10.6. The van der Waals surface area contributed by atoms with Crippen molar-refractivity contribution in [3.8, 4) is 11.5 Å². The second-order valence-electron chi connectivity index (χ2n) is 5.87. The van der Waals surface area contributed by atoms with Gasteiger partial charge in [0.1, 0.15) is 0 Å². The molecule has 1 amide bonds.